The highest BCUT2D eigenvalue weighted by Crippen LogP contribution is 2.16. The van der Waals surface area contributed by atoms with Gasteiger partial charge in [-0.3, -0.25) is 9.59 Å². The lowest BCUT2D eigenvalue weighted by atomic mass is 10.1. The van der Waals surface area contributed by atoms with Crippen LogP contribution in [0.25, 0.3) is 0 Å². The highest BCUT2D eigenvalue weighted by atomic mass is 16.2. The Kier molecular flexibility index (Phi) is 5.91. The number of anilines is 2. The molecule has 2 N–H and O–H groups in total. The van der Waals surface area contributed by atoms with Crippen molar-refractivity contribution in [3.8, 4) is 0 Å². The Morgan fingerprint density at radius 2 is 1.59 bits per heavy atom. The van der Waals surface area contributed by atoms with Crippen LogP contribution in [0.4, 0.5) is 11.4 Å². The minimum Gasteiger partial charge on any atom is -0.360 e. The van der Waals surface area contributed by atoms with Gasteiger partial charge in [0.05, 0.1) is 26.2 Å². The fourth-order valence-electron chi connectivity index (χ4n) is 3.64. The first kappa shape index (κ1) is 19.1. The standard InChI is InChI=1S/C22H27N3O2/c1-16-12-17(2)14-20(13-16)23-22(27)15-24-8-10-25(11-9-24)21-6-4-19(5-7-21)18(3)26/h4-7,12-14H,8-11,15H2,1-3H3,(H,23,27)/p+1. The summed E-state index contributed by atoms with van der Waals surface area (Å²) in [6.45, 7) is 9.82. The van der Waals surface area contributed by atoms with E-state index in [-0.39, 0.29) is 11.7 Å². The summed E-state index contributed by atoms with van der Waals surface area (Å²) in [4.78, 5) is 27.4. The summed E-state index contributed by atoms with van der Waals surface area (Å²) in [6, 6.07) is 13.9. The fourth-order valence-corrected chi connectivity index (χ4v) is 3.64. The van der Waals surface area contributed by atoms with E-state index in [2.05, 4.69) is 16.3 Å². The predicted molar refractivity (Wildman–Crippen MR) is 109 cm³/mol. The smallest absolute Gasteiger partial charge is 0.279 e. The summed E-state index contributed by atoms with van der Waals surface area (Å²) >= 11 is 0. The Balaban J connectivity index is 1.50. The van der Waals surface area contributed by atoms with Crippen LogP contribution in [-0.4, -0.2) is 44.4 Å². The number of nitrogens with zero attached hydrogens (tertiary/aromatic N) is 1. The van der Waals surface area contributed by atoms with Crippen molar-refractivity contribution in [3.63, 3.8) is 0 Å². The number of benzene rings is 2. The van der Waals surface area contributed by atoms with Crippen molar-refractivity contribution < 1.29 is 14.5 Å². The molecule has 3 rings (SSSR count). The third kappa shape index (κ3) is 5.17. The zero-order chi connectivity index (χ0) is 19.4. The lowest BCUT2D eigenvalue weighted by Crippen LogP contribution is -3.15. The SMILES string of the molecule is CC(=O)c1ccc(N2CC[NH+](CC(=O)Nc3cc(C)cc(C)c3)CC2)cc1. The van der Waals surface area contributed by atoms with Gasteiger partial charge in [-0.15, -0.1) is 0 Å². The minimum atomic E-state index is 0.0641. The van der Waals surface area contributed by atoms with Gasteiger partial charge in [0.25, 0.3) is 5.91 Å². The molecular formula is C22H28N3O2+. The third-order valence-corrected chi connectivity index (χ3v) is 5.03. The summed E-state index contributed by atoms with van der Waals surface area (Å²) in [6.07, 6.45) is 0. The number of amides is 1. The molecule has 0 radical (unpaired) electrons. The van der Waals surface area contributed by atoms with Crippen molar-refractivity contribution in [2.75, 3.05) is 42.9 Å². The number of hydrogen-bond acceptors (Lipinski definition) is 3. The highest BCUT2D eigenvalue weighted by molar-refractivity contribution is 5.94. The number of hydrogen-bond donors (Lipinski definition) is 2. The van der Waals surface area contributed by atoms with Crippen molar-refractivity contribution in [2.45, 2.75) is 20.8 Å². The molecule has 1 aliphatic rings. The lowest BCUT2D eigenvalue weighted by Gasteiger charge is -2.33. The maximum atomic E-state index is 12.4. The largest absolute Gasteiger partial charge is 0.360 e. The van der Waals surface area contributed by atoms with Crippen molar-refractivity contribution in [3.05, 3.63) is 59.2 Å². The van der Waals surface area contributed by atoms with Crippen LogP contribution in [0.15, 0.2) is 42.5 Å². The van der Waals surface area contributed by atoms with E-state index < -0.39 is 0 Å². The van der Waals surface area contributed by atoms with Crippen molar-refractivity contribution >= 4 is 23.1 Å². The molecule has 1 heterocycles. The molecule has 0 saturated carbocycles. The van der Waals surface area contributed by atoms with Crippen LogP contribution in [0.1, 0.15) is 28.4 Å². The second kappa shape index (κ2) is 8.35. The van der Waals surface area contributed by atoms with E-state index in [1.54, 1.807) is 6.92 Å². The Labute approximate surface area is 161 Å². The summed E-state index contributed by atoms with van der Waals surface area (Å²) in [5.74, 6) is 0.153. The predicted octanol–water partition coefficient (Wildman–Crippen LogP) is 1.85. The van der Waals surface area contributed by atoms with Gasteiger partial charge < -0.3 is 15.1 Å². The van der Waals surface area contributed by atoms with E-state index in [1.807, 2.05) is 50.2 Å². The molecule has 1 aliphatic heterocycles. The molecule has 2 aromatic rings. The summed E-state index contributed by atoms with van der Waals surface area (Å²) in [7, 11) is 0. The minimum absolute atomic E-state index is 0.0641. The van der Waals surface area contributed by atoms with E-state index in [4.69, 9.17) is 0 Å². The Bertz CT molecular complexity index is 802. The molecule has 0 aliphatic carbocycles. The van der Waals surface area contributed by atoms with Crippen molar-refractivity contribution in [2.24, 2.45) is 0 Å². The monoisotopic (exact) mass is 366 g/mol. The number of nitrogens with one attached hydrogen (secondary N) is 2. The molecular weight excluding hydrogens is 338 g/mol. The average Bonchev–Trinajstić information content (AvgIpc) is 2.61. The molecule has 0 unspecified atom stereocenters. The van der Waals surface area contributed by atoms with E-state index >= 15 is 0 Å². The van der Waals surface area contributed by atoms with Crippen LogP contribution in [0.3, 0.4) is 0 Å². The van der Waals surface area contributed by atoms with Crippen LogP contribution in [0.2, 0.25) is 0 Å². The molecule has 142 valence electrons. The summed E-state index contributed by atoms with van der Waals surface area (Å²) < 4.78 is 0. The van der Waals surface area contributed by atoms with Gasteiger partial charge in [-0.2, -0.15) is 0 Å². The molecule has 1 saturated heterocycles. The maximum Gasteiger partial charge on any atom is 0.279 e. The van der Waals surface area contributed by atoms with Gasteiger partial charge >= 0.3 is 0 Å². The van der Waals surface area contributed by atoms with E-state index in [1.165, 1.54) is 4.90 Å². The number of Topliss-reactive ketones (excluding diaryl/α,β-unsaturated/α-hetero) is 1. The Morgan fingerprint density at radius 1 is 1.00 bits per heavy atom. The van der Waals surface area contributed by atoms with Crippen LogP contribution >= 0.6 is 0 Å². The lowest BCUT2D eigenvalue weighted by molar-refractivity contribution is -0.892. The van der Waals surface area contributed by atoms with E-state index in [9.17, 15) is 9.59 Å². The van der Waals surface area contributed by atoms with Gasteiger partial charge in [0.2, 0.25) is 0 Å². The first-order chi connectivity index (χ1) is 12.9. The Hall–Kier alpha value is -2.66. The number of rotatable bonds is 5. The van der Waals surface area contributed by atoms with E-state index in [0.717, 1.165) is 54.2 Å². The second-order valence-corrected chi connectivity index (χ2v) is 7.44. The highest BCUT2D eigenvalue weighted by Gasteiger charge is 2.22. The van der Waals surface area contributed by atoms with Crippen LogP contribution in [0, 0.1) is 13.8 Å². The van der Waals surface area contributed by atoms with Crippen molar-refractivity contribution in [1.29, 1.82) is 0 Å². The van der Waals surface area contributed by atoms with Gasteiger partial charge in [0, 0.05) is 16.9 Å². The van der Waals surface area contributed by atoms with Crippen molar-refractivity contribution in [1.82, 2.24) is 0 Å². The third-order valence-electron chi connectivity index (χ3n) is 5.03. The van der Waals surface area contributed by atoms with Crippen LogP contribution < -0.4 is 15.1 Å². The van der Waals surface area contributed by atoms with Crippen LogP contribution in [-0.2, 0) is 4.79 Å². The first-order valence-electron chi connectivity index (χ1n) is 9.48. The second-order valence-electron chi connectivity index (χ2n) is 7.44. The molecule has 1 fully saturated rings. The van der Waals surface area contributed by atoms with Gasteiger partial charge in [-0.25, -0.2) is 0 Å². The van der Waals surface area contributed by atoms with Crippen LogP contribution in [0.5, 0.6) is 0 Å². The molecule has 1 amide bonds. The van der Waals surface area contributed by atoms with Gasteiger partial charge in [-0.05, 0) is 68.3 Å². The fraction of sp³-hybridized carbons (Fsp3) is 0.364. The molecule has 27 heavy (non-hydrogen) atoms. The topological polar surface area (TPSA) is 53.9 Å². The first-order valence-corrected chi connectivity index (χ1v) is 9.48. The zero-order valence-electron chi connectivity index (χ0n) is 16.3. The maximum absolute atomic E-state index is 12.4. The Morgan fingerprint density at radius 3 is 2.15 bits per heavy atom. The molecule has 5 heteroatoms. The number of piperazine rings is 1. The number of aryl methyl sites for hydroxylation is 2. The number of carbonyl (C=O) groups excluding carboxylic acids is 2. The van der Waals surface area contributed by atoms with E-state index in [0.29, 0.717) is 6.54 Å². The molecule has 2 aromatic carbocycles. The van der Waals surface area contributed by atoms with Gasteiger partial charge in [0.15, 0.2) is 12.3 Å². The average molecular weight is 366 g/mol. The number of ketones is 1. The number of carbonyl (C=O) groups is 2. The molecule has 0 aromatic heterocycles. The normalized spacial score (nSPS) is 14.9. The zero-order valence-corrected chi connectivity index (χ0v) is 16.3. The van der Waals surface area contributed by atoms with Gasteiger partial charge in [0.1, 0.15) is 0 Å². The molecule has 0 bridgehead atoms. The molecule has 0 atom stereocenters. The summed E-state index contributed by atoms with van der Waals surface area (Å²) in [5.41, 5.74) is 5.06. The molecule has 0 spiro atoms. The molecule has 5 nitrogen and oxygen atoms in total. The number of quaternary nitrogens is 1. The quantitative estimate of drug-likeness (QED) is 0.794. The van der Waals surface area contributed by atoms with Gasteiger partial charge in [-0.1, -0.05) is 6.07 Å². The summed E-state index contributed by atoms with van der Waals surface area (Å²) in [5, 5.41) is 3.03.